The summed E-state index contributed by atoms with van der Waals surface area (Å²) < 4.78 is 18.8. The van der Waals surface area contributed by atoms with Crippen molar-refractivity contribution < 1.29 is 13.9 Å². The quantitative estimate of drug-likeness (QED) is 0.919. The number of methoxy groups -OCH3 is 1. The van der Waals surface area contributed by atoms with E-state index in [1.54, 1.807) is 6.07 Å². The van der Waals surface area contributed by atoms with E-state index in [2.05, 4.69) is 19.2 Å². The van der Waals surface area contributed by atoms with Gasteiger partial charge in [0.25, 0.3) is 5.91 Å². The van der Waals surface area contributed by atoms with Crippen molar-refractivity contribution in [3.05, 3.63) is 29.6 Å². The van der Waals surface area contributed by atoms with Crippen LogP contribution in [0.3, 0.4) is 0 Å². The van der Waals surface area contributed by atoms with Crippen LogP contribution in [0.25, 0.3) is 0 Å². The molecule has 1 aromatic rings. The van der Waals surface area contributed by atoms with E-state index in [1.807, 2.05) is 0 Å². The standard InChI is InChI=1S/C16H22FNO2/c1-16(2)8-4-5-11(10-16)18-15(19)13-7-6-12(20-3)9-14(13)17/h6-7,9,11H,4-5,8,10H2,1-3H3,(H,18,19). The number of benzene rings is 1. The van der Waals surface area contributed by atoms with Crippen LogP contribution in [0, 0.1) is 11.2 Å². The Labute approximate surface area is 119 Å². The van der Waals surface area contributed by atoms with Crippen molar-refractivity contribution in [3.8, 4) is 5.75 Å². The number of hydrogen-bond acceptors (Lipinski definition) is 2. The van der Waals surface area contributed by atoms with Crippen LogP contribution in [-0.2, 0) is 0 Å². The van der Waals surface area contributed by atoms with Crippen LogP contribution >= 0.6 is 0 Å². The molecule has 20 heavy (non-hydrogen) atoms. The number of halogens is 1. The van der Waals surface area contributed by atoms with E-state index in [1.165, 1.54) is 25.7 Å². The van der Waals surface area contributed by atoms with Crippen molar-refractivity contribution >= 4 is 5.91 Å². The van der Waals surface area contributed by atoms with Gasteiger partial charge in [0.15, 0.2) is 0 Å². The Bertz CT molecular complexity index is 499. The summed E-state index contributed by atoms with van der Waals surface area (Å²) in [5.41, 5.74) is 0.323. The molecule has 1 saturated carbocycles. The van der Waals surface area contributed by atoms with Gasteiger partial charge >= 0.3 is 0 Å². The van der Waals surface area contributed by atoms with E-state index in [0.717, 1.165) is 19.3 Å². The summed E-state index contributed by atoms with van der Waals surface area (Å²) in [6.45, 7) is 4.42. The van der Waals surface area contributed by atoms with Gasteiger partial charge in [-0.3, -0.25) is 4.79 Å². The van der Waals surface area contributed by atoms with E-state index in [4.69, 9.17) is 4.74 Å². The number of hydrogen-bond donors (Lipinski definition) is 1. The molecule has 1 aliphatic carbocycles. The molecule has 0 bridgehead atoms. The van der Waals surface area contributed by atoms with Gasteiger partial charge in [0.2, 0.25) is 0 Å². The first kappa shape index (κ1) is 14.8. The number of carbonyl (C=O) groups excluding carboxylic acids is 1. The highest BCUT2D eigenvalue weighted by Gasteiger charge is 2.29. The Hall–Kier alpha value is -1.58. The highest BCUT2D eigenvalue weighted by atomic mass is 19.1. The van der Waals surface area contributed by atoms with E-state index in [9.17, 15) is 9.18 Å². The molecule has 0 saturated heterocycles. The van der Waals surface area contributed by atoms with Crippen molar-refractivity contribution in [2.75, 3.05) is 7.11 Å². The molecule has 2 rings (SSSR count). The van der Waals surface area contributed by atoms with Gasteiger partial charge in [0.05, 0.1) is 12.7 Å². The third-order valence-corrected chi connectivity index (χ3v) is 3.96. The molecule has 1 aliphatic rings. The van der Waals surface area contributed by atoms with Gasteiger partial charge in [-0.15, -0.1) is 0 Å². The SMILES string of the molecule is COc1ccc(C(=O)NC2CCCC(C)(C)C2)c(F)c1. The normalized spacial score (nSPS) is 21.3. The van der Waals surface area contributed by atoms with Gasteiger partial charge in [-0.05, 0) is 36.8 Å². The minimum absolute atomic E-state index is 0.0779. The summed E-state index contributed by atoms with van der Waals surface area (Å²) >= 11 is 0. The van der Waals surface area contributed by atoms with Crippen LogP contribution in [0.2, 0.25) is 0 Å². The first-order valence-electron chi connectivity index (χ1n) is 7.06. The lowest BCUT2D eigenvalue weighted by atomic mass is 9.75. The number of carbonyl (C=O) groups is 1. The first-order chi connectivity index (χ1) is 9.41. The fraction of sp³-hybridized carbons (Fsp3) is 0.562. The second-order valence-electron chi connectivity index (χ2n) is 6.28. The average molecular weight is 279 g/mol. The van der Waals surface area contributed by atoms with E-state index in [0.29, 0.717) is 5.75 Å². The molecule has 0 radical (unpaired) electrons. The minimum Gasteiger partial charge on any atom is -0.497 e. The summed E-state index contributed by atoms with van der Waals surface area (Å²) in [4.78, 5) is 12.2. The van der Waals surface area contributed by atoms with Crippen LogP contribution in [0.15, 0.2) is 18.2 Å². The fourth-order valence-corrected chi connectivity index (χ4v) is 2.89. The lowest BCUT2D eigenvalue weighted by Gasteiger charge is -2.35. The average Bonchev–Trinajstić information content (AvgIpc) is 2.37. The zero-order valence-corrected chi connectivity index (χ0v) is 12.3. The second-order valence-corrected chi connectivity index (χ2v) is 6.28. The molecule has 1 aromatic carbocycles. The van der Waals surface area contributed by atoms with Crippen molar-refractivity contribution in [1.29, 1.82) is 0 Å². The Morgan fingerprint density at radius 3 is 2.80 bits per heavy atom. The van der Waals surface area contributed by atoms with Crippen molar-refractivity contribution in [2.45, 2.75) is 45.6 Å². The topological polar surface area (TPSA) is 38.3 Å². The molecule has 0 aliphatic heterocycles. The number of nitrogens with one attached hydrogen (secondary N) is 1. The molecule has 1 amide bonds. The van der Waals surface area contributed by atoms with E-state index in [-0.39, 0.29) is 22.9 Å². The highest BCUT2D eigenvalue weighted by molar-refractivity contribution is 5.94. The molecular formula is C16H22FNO2. The summed E-state index contributed by atoms with van der Waals surface area (Å²) in [6, 6.07) is 4.44. The summed E-state index contributed by atoms with van der Waals surface area (Å²) in [5, 5.41) is 2.95. The lowest BCUT2D eigenvalue weighted by molar-refractivity contribution is 0.0898. The maximum absolute atomic E-state index is 13.9. The Morgan fingerprint density at radius 1 is 1.45 bits per heavy atom. The summed E-state index contributed by atoms with van der Waals surface area (Å²) in [6.07, 6.45) is 4.18. The molecule has 0 heterocycles. The highest BCUT2D eigenvalue weighted by Crippen LogP contribution is 2.35. The summed E-state index contributed by atoms with van der Waals surface area (Å²) in [7, 11) is 1.47. The zero-order chi connectivity index (χ0) is 14.8. The van der Waals surface area contributed by atoms with Crippen LogP contribution in [-0.4, -0.2) is 19.1 Å². The van der Waals surface area contributed by atoms with Crippen molar-refractivity contribution in [2.24, 2.45) is 5.41 Å². The van der Waals surface area contributed by atoms with Crippen molar-refractivity contribution in [3.63, 3.8) is 0 Å². The third kappa shape index (κ3) is 3.50. The number of ether oxygens (including phenoxy) is 1. The Kier molecular flexibility index (Phi) is 4.31. The van der Waals surface area contributed by atoms with Gasteiger partial charge in [-0.2, -0.15) is 0 Å². The largest absolute Gasteiger partial charge is 0.497 e. The second kappa shape index (κ2) is 5.81. The molecule has 4 heteroatoms. The smallest absolute Gasteiger partial charge is 0.254 e. The number of amides is 1. The Balaban J connectivity index is 2.05. The van der Waals surface area contributed by atoms with E-state index < -0.39 is 5.82 Å². The van der Waals surface area contributed by atoms with Gasteiger partial charge in [0, 0.05) is 12.1 Å². The molecule has 0 aromatic heterocycles. The molecular weight excluding hydrogens is 257 g/mol. The van der Waals surface area contributed by atoms with Gasteiger partial charge in [-0.1, -0.05) is 20.3 Å². The maximum Gasteiger partial charge on any atom is 0.254 e. The first-order valence-corrected chi connectivity index (χ1v) is 7.06. The van der Waals surface area contributed by atoms with Gasteiger partial charge in [-0.25, -0.2) is 4.39 Å². The minimum atomic E-state index is -0.545. The van der Waals surface area contributed by atoms with Crippen LogP contribution in [0.4, 0.5) is 4.39 Å². The van der Waals surface area contributed by atoms with Crippen LogP contribution < -0.4 is 10.1 Å². The monoisotopic (exact) mass is 279 g/mol. The molecule has 110 valence electrons. The third-order valence-electron chi connectivity index (χ3n) is 3.96. The number of rotatable bonds is 3. The molecule has 1 fully saturated rings. The Morgan fingerprint density at radius 2 is 2.20 bits per heavy atom. The molecule has 1 atom stereocenters. The molecule has 0 spiro atoms. The maximum atomic E-state index is 13.9. The van der Waals surface area contributed by atoms with E-state index >= 15 is 0 Å². The van der Waals surface area contributed by atoms with Gasteiger partial charge in [0.1, 0.15) is 11.6 Å². The van der Waals surface area contributed by atoms with Gasteiger partial charge < -0.3 is 10.1 Å². The molecule has 1 unspecified atom stereocenters. The van der Waals surface area contributed by atoms with Crippen molar-refractivity contribution in [1.82, 2.24) is 5.32 Å². The van der Waals surface area contributed by atoms with Crippen LogP contribution in [0.5, 0.6) is 5.75 Å². The molecule has 1 N–H and O–H groups in total. The van der Waals surface area contributed by atoms with Crippen LogP contribution in [0.1, 0.15) is 49.9 Å². The zero-order valence-electron chi connectivity index (χ0n) is 12.3. The lowest BCUT2D eigenvalue weighted by Crippen LogP contribution is -2.40. The predicted octanol–water partition coefficient (Wildman–Crippen LogP) is 3.53. The fourth-order valence-electron chi connectivity index (χ4n) is 2.89. The predicted molar refractivity (Wildman–Crippen MR) is 76.5 cm³/mol. The molecule has 3 nitrogen and oxygen atoms in total. The summed E-state index contributed by atoms with van der Waals surface area (Å²) in [5.74, 6) is -0.470.